The maximum atomic E-state index is 5.73. The van der Waals surface area contributed by atoms with Crippen molar-refractivity contribution in [3.05, 3.63) is 0 Å². The van der Waals surface area contributed by atoms with Gasteiger partial charge >= 0.3 is 0 Å². The Labute approximate surface area is 106 Å². The zero-order valence-electron chi connectivity index (χ0n) is 11.5. The average Bonchev–Trinajstić information content (AvgIpc) is 2.63. The van der Waals surface area contributed by atoms with Gasteiger partial charge in [-0.1, -0.05) is 12.8 Å². The average molecular weight is 240 g/mol. The van der Waals surface area contributed by atoms with Crippen LogP contribution in [0.2, 0.25) is 0 Å². The van der Waals surface area contributed by atoms with Crippen LogP contribution in [0, 0.1) is 5.41 Å². The van der Waals surface area contributed by atoms with E-state index in [4.69, 9.17) is 4.74 Å². The van der Waals surface area contributed by atoms with E-state index >= 15 is 0 Å². The molecule has 1 aliphatic heterocycles. The lowest BCUT2D eigenvalue weighted by molar-refractivity contribution is 0.0592. The van der Waals surface area contributed by atoms with Crippen LogP contribution in [-0.2, 0) is 4.74 Å². The third-order valence-corrected chi connectivity index (χ3v) is 4.31. The Morgan fingerprint density at radius 3 is 2.76 bits per heavy atom. The quantitative estimate of drug-likeness (QED) is 0.812. The van der Waals surface area contributed by atoms with E-state index in [9.17, 15) is 0 Å². The second-order valence-electron chi connectivity index (χ2n) is 6.01. The lowest BCUT2D eigenvalue weighted by Crippen LogP contribution is -2.43. The van der Waals surface area contributed by atoms with Gasteiger partial charge in [0.15, 0.2) is 0 Å². The fraction of sp³-hybridized carbons (Fsp3) is 1.00. The van der Waals surface area contributed by atoms with E-state index in [0.717, 1.165) is 13.2 Å². The highest BCUT2D eigenvalue weighted by molar-refractivity contribution is 4.89. The van der Waals surface area contributed by atoms with Gasteiger partial charge in [-0.3, -0.25) is 0 Å². The summed E-state index contributed by atoms with van der Waals surface area (Å²) in [5.41, 5.74) is 0.540. The number of hydrogen-bond acceptors (Lipinski definition) is 3. The van der Waals surface area contributed by atoms with E-state index in [1.807, 2.05) is 0 Å². The molecule has 0 aromatic carbocycles. The molecule has 0 aromatic heterocycles. The van der Waals surface area contributed by atoms with E-state index in [0.29, 0.717) is 11.5 Å². The molecule has 2 aliphatic rings. The summed E-state index contributed by atoms with van der Waals surface area (Å²) in [5, 5.41) is 3.41. The largest absolute Gasteiger partial charge is 0.377 e. The minimum atomic E-state index is 0.408. The number of hydrogen-bond donors (Lipinski definition) is 1. The molecule has 2 rings (SSSR count). The first-order valence-corrected chi connectivity index (χ1v) is 7.23. The maximum absolute atomic E-state index is 5.73. The van der Waals surface area contributed by atoms with E-state index in [1.165, 1.54) is 51.7 Å². The van der Waals surface area contributed by atoms with Crippen molar-refractivity contribution in [1.29, 1.82) is 0 Å². The van der Waals surface area contributed by atoms with E-state index in [2.05, 4.69) is 24.2 Å². The van der Waals surface area contributed by atoms with Crippen molar-refractivity contribution >= 4 is 0 Å². The van der Waals surface area contributed by atoms with Gasteiger partial charge in [-0.15, -0.1) is 0 Å². The molecular formula is C14H28N2O. The number of rotatable bonds is 4. The Morgan fingerprint density at radius 2 is 2.06 bits per heavy atom. The standard InChI is InChI=1S/C14H28N2O/c1-13-10-16(8-5-9-17-13)12-14(11-15-2)6-3-4-7-14/h13,15H,3-12H2,1-2H3. The molecule has 3 nitrogen and oxygen atoms in total. The van der Waals surface area contributed by atoms with Gasteiger partial charge in [-0.2, -0.15) is 0 Å². The predicted octanol–water partition coefficient (Wildman–Crippen LogP) is 1.88. The highest BCUT2D eigenvalue weighted by Crippen LogP contribution is 2.38. The van der Waals surface area contributed by atoms with Crippen molar-refractivity contribution in [2.45, 2.75) is 45.1 Å². The molecule has 1 atom stereocenters. The van der Waals surface area contributed by atoms with Crippen molar-refractivity contribution in [3.63, 3.8) is 0 Å². The molecule has 3 heteroatoms. The second kappa shape index (κ2) is 6.17. The van der Waals surface area contributed by atoms with Crippen molar-refractivity contribution in [2.24, 2.45) is 5.41 Å². The summed E-state index contributed by atoms with van der Waals surface area (Å²) in [6.07, 6.45) is 7.24. The third-order valence-electron chi connectivity index (χ3n) is 4.31. The first-order valence-electron chi connectivity index (χ1n) is 7.23. The summed E-state index contributed by atoms with van der Waals surface area (Å²) in [5.74, 6) is 0. The number of nitrogens with zero attached hydrogens (tertiary/aromatic N) is 1. The summed E-state index contributed by atoms with van der Waals surface area (Å²) in [6.45, 7) is 7.93. The minimum absolute atomic E-state index is 0.408. The zero-order chi connectivity index (χ0) is 12.1. The normalized spacial score (nSPS) is 30.4. The summed E-state index contributed by atoms with van der Waals surface area (Å²) >= 11 is 0. The Kier molecular flexibility index (Phi) is 4.83. The van der Waals surface area contributed by atoms with Crippen LogP contribution < -0.4 is 5.32 Å². The Bertz CT molecular complexity index is 226. The highest BCUT2D eigenvalue weighted by atomic mass is 16.5. The third kappa shape index (κ3) is 3.67. The van der Waals surface area contributed by atoms with Crippen LogP contribution in [0.25, 0.3) is 0 Å². The van der Waals surface area contributed by atoms with E-state index in [1.54, 1.807) is 0 Å². The van der Waals surface area contributed by atoms with Gasteiger partial charge in [0.2, 0.25) is 0 Å². The van der Waals surface area contributed by atoms with Crippen molar-refractivity contribution in [2.75, 3.05) is 39.8 Å². The van der Waals surface area contributed by atoms with E-state index < -0.39 is 0 Å². The van der Waals surface area contributed by atoms with E-state index in [-0.39, 0.29) is 0 Å². The summed E-state index contributed by atoms with van der Waals surface area (Å²) < 4.78 is 5.73. The van der Waals surface area contributed by atoms with Crippen LogP contribution in [0.15, 0.2) is 0 Å². The van der Waals surface area contributed by atoms with Gasteiger partial charge in [-0.05, 0) is 38.6 Å². The highest BCUT2D eigenvalue weighted by Gasteiger charge is 2.35. The number of ether oxygens (including phenoxy) is 1. The molecule has 17 heavy (non-hydrogen) atoms. The molecule has 0 radical (unpaired) electrons. The zero-order valence-corrected chi connectivity index (χ0v) is 11.5. The van der Waals surface area contributed by atoms with Gasteiger partial charge in [0.1, 0.15) is 0 Å². The molecule has 1 unspecified atom stereocenters. The van der Waals surface area contributed by atoms with Crippen LogP contribution in [0.4, 0.5) is 0 Å². The van der Waals surface area contributed by atoms with Crippen LogP contribution in [0.1, 0.15) is 39.0 Å². The summed E-state index contributed by atoms with van der Waals surface area (Å²) in [6, 6.07) is 0. The van der Waals surface area contributed by atoms with Gasteiger partial charge in [0.25, 0.3) is 0 Å². The van der Waals surface area contributed by atoms with Gasteiger partial charge in [0, 0.05) is 32.8 Å². The molecule has 0 spiro atoms. The van der Waals surface area contributed by atoms with Gasteiger partial charge in [0.05, 0.1) is 6.10 Å². The fourth-order valence-corrected chi connectivity index (χ4v) is 3.59. The first kappa shape index (κ1) is 13.3. The smallest absolute Gasteiger partial charge is 0.0673 e. The summed E-state index contributed by atoms with van der Waals surface area (Å²) in [7, 11) is 2.09. The first-order chi connectivity index (χ1) is 8.24. The molecule has 100 valence electrons. The Balaban J connectivity index is 1.92. The second-order valence-corrected chi connectivity index (χ2v) is 6.01. The van der Waals surface area contributed by atoms with Crippen LogP contribution >= 0.6 is 0 Å². The molecule has 0 aromatic rings. The lowest BCUT2D eigenvalue weighted by Gasteiger charge is -2.35. The molecular weight excluding hydrogens is 212 g/mol. The number of nitrogens with one attached hydrogen (secondary N) is 1. The molecule has 1 heterocycles. The van der Waals surface area contributed by atoms with Crippen LogP contribution in [0.3, 0.4) is 0 Å². The molecule has 1 aliphatic carbocycles. The van der Waals surface area contributed by atoms with Crippen molar-refractivity contribution in [1.82, 2.24) is 10.2 Å². The monoisotopic (exact) mass is 240 g/mol. The van der Waals surface area contributed by atoms with Crippen molar-refractivity contribution < 1.29 is 4.74 Å². The van der Waals surface area contributed by atoms with Gasteiger partial charge < -0.3 is 15.0 Å². The topological polar surface area (TPSA) is 24.5 Å². The molecule has 0 amide bonds. The van der Waals surface area contributed by atoms with Gasteiger partial charge in [-0.25, -0.2) is 0 Å². The minimum Gasteiger partial charge on any atom is -0.377 e. The molecule has 1 saturated carbocycles. The van der Waals surface area contributed by atoms with Crippen LogP contribution in [-0.4, -0.2) is 50.8 Å². The Hall–Kier alpha value is -0.120. The molecule has 1 N–H and O–H groups in total. The van der Waals surface area contributed by atoms with Crippen LogP contribution in [0.5, 0.6) is 0 Å². The Morgan fingerprint density at radius 1 is 1.29 bits per heavy atom. The SMILES string of the molecule is CNCC1(CN2CCCOC(C)C2)CCCC1. The lowest BCUT2D eigenvalue weighted by atomic mass is 9.85. The molecule has 0 bridgehead atoms. The molecule has 2 fully saturated rings. The fourth-order valence-electron chi connectivity index (χ4n) is 3.59. The van der Waals surface area contributed by atoms with Crippen molar-refractivity contribution in [3.8, 4) is 0 Å². The summed E-state index contributed by atoms with van der Waals surface area (Å²) in [4.78, 5) is 2.64. The maximum Gasteiger partial charge on any atom is 0.0673 e. The molecule has 1 saturated heterocycles. The predicted molar refractivity (Wildman–Crippen MR) is 71.3 cm³/mol.